The number of likely N-dealkylation sites (N-methyl/N-ethyl adjacent to an activating group) is 1. The molecule has 1 fully saturated rings. The normalized spacial score (nSPS) is 18.8. The lowest BCUT2D eigenvalue weighted by Gasteiger charge is -2.30. The topological polar surface area (TPSA) is 74.3 Å². The smallest absolute Gasteiger partial charge is 0.253 e. The van der Waals surface area contributed by atoms with E-state index in [9.17, 15) is 14.0 Å². The van der Waals surface area contributed by atoms with Gasteiger partial charge in [0.15, 0.2) is 0 Å². The number of rotatable bonds is 7. The van der Waals surface area contributed by atoms with Crippen LogP contribution in [0.4, 0.5) is 4.39 Å². The zero-order valence-electron chi connectivity index (χ0n) is 17.5. The monoisotopic (exact) mass is 412 g/mol. The highest BCUT2D eigenvalue weighted by atomic mass is 19.1. The Balaban J connectivity index is 1.52. The van der Waals surface area contributed by atoms with Crippen LogP contribution in [-0.4, -0.2) is 54.9 Å². The first-order valence-corrected chi connectivity index (χ1v) is 10.3. The van der Waals surface area contributed by atoms with E-state index in [1.807, 2.05) is 19.0 Å². The van der Waals surface area contributed by atoms with Crippen molar-refractivity contribution in [2.75, 3.05) is 27.2 Å². The highest BCUT2D eigenvalue weighted by Gasteiger charge is 2.24. The van der Waals surface area contributed by atoms with Crippen molar-refractivity contribution in [1.29, 1.82) is 0 Å². The minimum Gasteiger partial charge on any atom is -0.355 e. The lowest BCUT2D eigenvalue weighted by atomic mass is 9.85. The van der Waals surface area contributed by atoms with Gasteiger partial charge in [-0.05, 0) is 63.5 Å². The zero-order chi connectivity index (χ0) is 21.5. The molecule has 2 N–H and O–H groups in total. The lowest BCUT2D eigenvalue weighted by Crippen LogP contribution is -2.42. The number of hydrogen-bond acceptors (Lipinski definition) is 4. The zero-order valence-corrected chi connectivity index (χ0v) is 17.5. The molecule has 160 valence electrons. The molecule has 2 unspecified atom stereocenters. The predicted octanol–water partition coefficient (Wildman–Crippen LogP) is 2.85. The van der Waals surface area contributed by atoms with Gasteiger partial charge in [0.1, 0.15) is 5.82 Å². The summed E-state index contributed by atoms with van der Waals surface area (Å²) in [7, 11) is 3.73. The maximum atomic E-state index is 13.4. The molecule has 0 aliphatic heterocycles. The molecule has 2 atom stereocenters. The third-order valence-corrected chi connectivity index (χ3v) is 5.31. The number of hydrogen-bond donors (Lipinski definition) is 2. The van der Waals surface area contributed by atoms with Crippen molar-refractivity contribution in [3.63, 3.8) is 0 Å². The predicted molar refractivity (Wildman–Crippen MR) is 114 cm³/mol. The number of pyridine rings is 1. The third-order valence-electron chi connectivity index (χ3n) is 5.31. The van der Waals surface area contributed by atoms with Gasteiger partial charge in [0.2, 0.25) is 5.91 Å². The van der Waals surface area contributed by atoms with Gasteiger partial charge in [0, 0.05) is 24.3 Å². The maximum Gasteiger partial charge on any atom is 0.253 e. The Hall–Kier alpha value is -2.80. The summed E-state index contributed by atoms with van der Waals surface area (Å²) in [5.41, 5.74) is 1.78. The number of benzene rings is 1. The second kappa shape index (κ2) is 10.3. The van der Waals surface area contributed by atoms with E-state index in [1.165, 1.54) is 18.3 Å². The summed E-state index contributed by atoms with van der Waals surface area (Å²) >= 11 is 0. The Morgan fingerprint density at radius 2 is 2.03 bits per heavy atom. The molecule has 30 heavy (non-hydrogen) atoms. The van der Waals surface area contributed by atoms with Gasteiger partial charge in [-0.15, -0.1) is 0 Å². The quantitative estimate of drug-likeness (QED) is 0.733. The molecular weight excluding hydrogens is 383 g/mol. The molecule has 0 radical (unpaired) electrons. The van der Waals surface area contributed by atoms with Crippen molar-refractivity contribution in [1.82, 2.24) is 20.5 Å². The largest absolute Gasteiger partial charge is 0.355 e. The van der Waals surface area contributed by atoms with Crippen molar-refractivity contribution in [2.24, 2.45) is 5.92 Å². The van der Waals surface area contributed by atoms with E-state index in [0.717, 1.165) is 25.7 Å². The molecule has 2 aromatic rings. The Kier molecular flexibility index (Phi) is 7.52. The first-order valence-electron chi connectivity index (χ1n) is 10.3. The molecule has 1 heterocycles. The van der Waals surface area contributed by atoms with Gasteiger partial charge in [0.05, 0.1) is 17.8 Å². The van der Waals surface area contributed by atoms with Crippen LogP contribution < -0.4 is 10.6 Å². The fourth-order valence-corrected chi connectivity index (χ4v) is 3.82. The van der Waals surface area contributed by atoms with E-state index in [2.05, 4.69) is 15.6 Å². The van der Waals surface area contributed by atoms with Crippen LogP contribution in [0.1, 0.15) is 36.0 Å². The number of amides is 2. The molecule has 6 nitrogen and oxygen atoms in total. The summed E-state index contributed by atoms with van der Waals surface area (Å²) < 4.78 is 13.4. The van der Waals surface area contributed by atoms with Crippen molar-refractivity contribution in [2.45, 2.75) is 31.7 Å². The summed E-state index contributed by atoms with van der Waals surface area (Å²) in [6.45, 7) is 1.02. The van der Waals surface area contributed by atoms with E-state index < -0.39 is 0 Å². The molecule has 1 aromatic heterocycles. The van der Waals surface area contributed by atoms with Crippen LogP contribution in [0.5, 0.6) is 0 Å². The van der Waals surface area contributed by atoms with Gasteiger partial charge in [-0.25, -0.2) is 4.39 Å². The maximum absolute atomic E-state index is 13.4. The Morgan fingerprint density at radius 1 is 1.20 bits per heavy atom. The van der Waals surface area contributed by atoms with Crippen molar-refractivity contribution in [3.8, 4) is 11.3 Å². The number of carbonyl (C=O) groups excluding carboxylic acids is 2. The minimum atomic E-state index is -0.319. The van der Waals surface area contributed by atoms with Crippen LogP contribution >= 0.6 is 0 Å². The number of aromatic nitrogens is 1. The Labute approximate surface area is 176 Å². The molecule has 0 saturated heterocycles. The van der Waals surface area contributed by atoms with Gasteiger partial charge in [-0.3, -0.25) is 14.6 Å². The van der Waals surface area contributed by atoms with E-state index >= 15 is 0 Å². The SMILES string of the molecule is CN(C)CC(=O)NCC1CCCC(NC(=O)c2ccc(-c3cccc(F)c3)nc2)C1. The molecule has 7 heteroatoms. The number of carbonyl (C=O) groups is 2. The summed E-state index contributed by atoms with van der Waals surface area (Å²) in [5.74, 6) is -0.0873. The summed E-state index contributed by atoms with van der Waals surface area (Å²) in [6, 6.07) is 9.75. The van der Waals surface area contributed by atoms with Crippen molar-refractivity contribution < 1.29 is 14.0 Å². The van der Waals surface area contributed by atoms with Crippen LogP contribution in [0, 0.1) is 11.7 Å². The molecule has 0 bridgehead atoms. The van der Waals surface area contributed by atoms with E-state index in [0.29, 0.717) is 35.8 Å². The van der Waals surface area contributed by atoms with Gasteiger partial charge in [-0.1, -0.05) is 18.6 Å². The van der Waals surface area contributed by atoms with Gasteiger partial charge in [0.25, 0.3) is 5.91 Å². The average molecular weight is 413 g/mol. The highest BCUT2D eigenvalue weighted by molar-refractivity contribution is 5.94. The highest BCUT2D eigenvalue weighted by Crippen LogP contribution is 2.24. The number of halogens is 1. The van der Waals surface area contributed by atoms with Crippen molar-refractivity contribution >= 4 is 11.8 Å². The Bertz CT molecular complexity index is 870. The molecule has 1 saturated carbocycles. The molecular formula is C23H29FN4O2. The van der Waals surface area contributed by atoms with Crippen LogP contribution in [0.15, 0.2) is 42.6 Å². The average Bonchev–Trinajstić information content (AvgIpc) is 2.72. The molecule has 0 spiro atoms. The summed E-state index contributed by atoms with van der Waals surface area (Å²) in [4.78, 5) is 30.6. The summed E-state index contributed by atoms with van der Waals surface area (Å²) in [6.07, 6.45) is 5.39. The van der Waals surface area contributed by atoms with Crippen molar-refractivity contribution in [3.05, 3.63) is 54.0 Å². The fraction of sp³-hybridized carbons (Fsp3) is 0.435. The van der Waals surface area contributed by atoms with Crippen LogP contribution in [0.25, 0.3) is 11.3 Å². The van der Waals surface area contributed by atoms with Gasteiger partial charge in [-0.2, -0.15) is 0 Å². The minimum absolute atomic E-state index is 0.0237. The summed E-state index contributed by atoms with van der Waals surface area (Å²) in [5, 5.41) is 6.08. The molecule has 1 aromatic carbocycles. The Morgan fingerprint density at radius 3 is 2.73 bits per heavy atom. The lowest BCUT2D eigenvalue weighted by molar-refractivity contribution is -0.121. The van der Waals surface area contributed by atoms with Crippen LogP contribution in [0.2, 0.25) is 0 Å². The second-order valence-corrected chi connectivity index (χ2v) is 8.19. The van der Waals surface area contributed by atoms with E-state index in [4.69, 9.17) is 0 Å². The first kappa shape index (κ1) is 21.9. The second-order valence-electron chi connectivity index (χ2n) is 8.19. The van der Waals surface area contributed by atoms with Gasteiger partial charge >= 0.3 is 0 Å². The van der Waals surface area contributed by atoms with E-state index in [1.54, 1.807) is 24.3 Å². The van der Waals surface area contributed by atoms with Gasteiger partial charge < -0.3 is 15.5 Å². The fourth-order valence-electron chi connectivity index (χ4n) is 3.82. The van der Waals surface area contributed by atoms with E-state index in [-0.39, 0.29) is 23.7 Å². The first-order chi connectivity index (χ1) is 14.4. The van der Waals surface area contributed by atoms with Crippen LogP contribution in [-0.2, 0) is 4.79 Å². The standard InChI is InChI=1S/C23H29FN4O2/c1-28(2)15-22(29)26-13-16-5-3-8-20(11-16)27-23(30)18-9-10-21(25-14-18)17-6-4-7-19(24)12-17/h4,6-7,9-10,12,14,16,20H,3,5,8,11,13,15H2,1-2H3,(H,26,29)(H,27,30). The number of nitrogens with zero attached hydrogens (tertiary/aromatic N) is 2. The molecule has 2 amide bonds. The third kappa shape index (κ3) is 6.35. The molecule has 1 aliphatic rings. The van der Waals surface area contributed by atoms with Crippen LogP contribution in [0.3, 0.4) is 0 Å². The molecule has 3 rings (SSSR count). The number of nitrogens with one attached hydrogen (secondary N) is 2. The molecule has 1 aliphatic carbocycles.